The van der Waals surface area contributed by atoms with Gasteiger partial charge in [-0.1, -0.05) is 106 Å². The van der Waals surface area contributed by atoms with Crippen LogP contribution in [0.5, 0.6) is 0 Å². The standard InChI is InChI=1S/C15H20.C14H19N.C13H18N2/c1-10-6-7-12-9-13(15(3,4)5)8-11(2)14(10)12;1-10-8-11(14(2,3)4)9-13-12(10)6-7-15(13)5;1-9-6-10(13(2,3)4)7-12-11(9)8-14-15(12)5/h6-10H,1-5H3;6-9H,1-5H3;6-8H,1-5H3. The molecule has 240 valence electrons. The molecular formula is C42H57N3. The Morgan fingerprint density at radius 1 is 0.622 bits per heavy atom. The van der Waals surface area contributed by atoms with Gasteiger partial charge in [0.1, 0.15) is 0 Å². The van der Waals surface area contributed by atoms with E-state index in [0.29, 0.717) is 5.92 Å². The van der Waals surface area contributed by atoms with Gasteiger partial charge in [0, 0.05) is 42.5 Å². The van der Waals surface area contributed by atoms with Crippen LogP contribution in [0, 0.1) is 20.8 Å². The molecule has 3 aromatic carbocycles. The Hall–Kier alpha value is -3.59. The van der Waals surface area contributed by atoms with Crippen molar-refractivity contribution in [1.82, 2.24) is 14.3 Å². The first-order valence-corrected chi connectivity index (χ1v) is 16.5. The van der Waals surface area contributed by atoms with Crippen molar-refractivity contribution < 1.29 is 0 Å². The van der Waals surface area contributed by atoms with E-state index >= 15 is 0 Å². The fourth-order valence-electron chi connectivity index (χ4n) is 6.21. The van der Waals surface area contributed by atoms with Crippen molar-refractivity contribution in [1.29, 1.82) is 0 Å². The molecule has 3 nitrogen and oxygen atoms in total. The Morgan fingerprint density at radius 2 is 1.11 bits per heavy atom. The molecule has 0 saturated carbocycles. The third kappa shape index (κ3) is 7.46. The molecule has 45 heavy (non-hydrogen) atoms. The second-order valence-electron chi connectivity index (χ2n) is 16.3. The zero-order chi connectivity index (χ0) is 33.6. The van der Waals surface area contributed by atoms with Crippen LogP contribution < -0.4 is 0 Å². The van der Waals surface area contributed by atoms with Crippen LogP contribution in [0.3, 0.4) is 0 Å². The number of fused-ring (bicyclic) bond motifs is 3. The molecule has 1 unspecified atom stereocenters. The highest BCUT2D eigenvalue weighted by molar-refractivity contribution is 5.84. The molecule has 6 rings (SSSR count). The van der Waals surface area contributed by atoms with E-state index in [0.717, 1.165) is 0 Å². The first-order valence-electron chi connectivity index (χ1n) is 16.5. The molecule has 0 fully saturated rings. The summed E-state index contributed by atoms with van der Waals surface area (Å²) in [5.74, 6) is 0.592. The minimum Gasteiger partial charge on any atom is -0.351 e. The normalized spacial score (nSPS) is 14.7. The number of benzene rings is 3. The number of hydrogen-bond donors (Lipinski definition) is 0. The van der Waals surface area contributed by atoms with Gasteiger partial charge in [-0.2, -0.15) is 5.10 Å². The Balaban J connectivity index is 0.000000154. The van der Waals surface area contributed by atoms with Crippen LogP contribution in [0.1, 0.15) is 120 Å². The number of aromatic nitrogens is 3. The van der Waals surface area contributed by atoms with Gasteiger partial charge in [0.25, 0.3) is 0 Å². The van der Waals surface area contributed by atoms with Gasteiger partial charge in [0.2, 0.25) is 0 Å². The van der Waals surface area contributed by atoms with Crippen molar-refractivity contribution in [2.75, 3.05) is 0 Å². The Bertz CT molecular complexity index is 1760. The van der Waals surface area contributed by atoms with Crippen molar-refractivity contribution in [3.05, 3.63) is 105 Å². The van der Waals surface area contributed by atoms with Gasteiger partial charge in [-0.05, 0) is 99.7 Å². The number of aryl methyl sites for hydroxylation is 5. The van der Waals surface area contributed by atoms with Gasteiger partial charge in [-0.15, -0.1) is 0 Å². The fourth-order valence-corrected chi connectivity index (χ4v) is 6.21. The average molecular weight is 604 g/mol. The molecule has 1 aliphatic carbocycles. The molecule has 0 amide bonds. The summed E-state index contributed by atoms with van der Waals surface area (Å²) in [4.78, 5) is 0. The average Bonchev–Trinajstić information content (AvgIpc) is 3.61. The zero-order valence-electron chi connectivity index (χ0n) is 30.8. The van der Waals surface area contributed by atoms with Crippen molar-refractivity contribution in [2.45, 2.75) is 112 Å². The first kappa shape index (κ1) is 34.3. The highest BCUT2D eigenvalue weighted by Gasteiger charge is 2.21. The lowest BCUT2D eigenvalue weighted by Gasteiger charge is -2.22. The van der Waals surface area contributed by atoms with E-state index in [4.69, 9.17) is 0 Å². The molecule has 2 aromatic heterocycles. The first-order chi connectivity index (χ1) is 20.7. The zero-order valence-corrected chi connectivity index (χ0v) is 30.8. The highest BCUT2D eigenvalue weighted by atomic mass is 15.2. The molecule has 0 aliphatic heterocycles. The summed E-state index contributed by atoms with van der Waals surface area (Å²) in [5, 5.41) is 6.92. The lowest BCUT2D eigenvalue weighted by Crippen LogP contribution is -2.12. The quantitative estimate of drug-likeness (QED) is 0.173. The van der Waals surface area contributed by atoms with Crippen molar-refractivity contribution in [3.63, 3.8) is 0 Å². The SMILES string of the molecule is Cc1cc(C(C)(C)C)cc2c1C(C)C=C2.Cc1cc(C(C)(C)C)cc2c1ccn2C.Cc1cc(C(C)(C)C)cc2c1cnn2C. The third-order valence-corrected chi connectivity index (χ3v) is 9.32. The van der Waals surface area contributed by atoms with E-state index in [-0.39, 0.29) is 16.2 Å². The van der Waals surface area contributed by atoms with Crippen LogP contribution in [-0.4, -0.2) is 14.3 Å². The second kappa shape index (κ2) is 12.3. The van der Waals surface area contributed by atoms with Gasteiger partial charge in [-0.25, -0.2) is 0 Å². The predicted molar refractivity (Wildman–Crippen MR) is 198 cm³/mol. The number of nitrogens with zero attached hydrogens (tertiary/aromatic N) is 3. The van der Waals surface area contributed by atoms with Crippen LogP contribution in [0.4, 0.5) is 0 Å². The summed E-state index contributed by atoms with van der Waals surface area (Å²) in [6.45, 7) is 29.2. The lowest BCUT2D eigenvalue weighted by atomic mass is 9.83. The molecule has 0 N–H and O–H groups in total. The molecular weight excluding hydrogens is 546 g/mol. The summed E-state index contributed by atoms with van der Waals surface area (Å²) in [5.41, 5.74) is 14.5. The van der Waals surface area contributed by atoms with Crippen LogP contribution in [0.25, 0.3) is 27.9 Å². The largest absolute Gasteiger partial charge is 0.351 e. The Labute approximate surface area is 273 Å². The van der Waals surface area contributed by atoms with Crippen LogP contribution in [0.15, 0.2) is 60.9 Å². The van der Waals surface area contributed by atoms with Gasteiger partial charge >= 0.3 is 0 Å². The van der Waals surface area contributed by atoms with E-state index in [1.54, 1.807) is 0 Å². The van der Waals surface area contributed by atoms with Gasteiger partial charge in [0.05, 0.1) is 11.7 Å². The van der Waals surface area contributed by atoms with Crippen molar-refractivity contribution in [2.24, 2.45) is 14.1 Å². The smallest absolute Gasteiger partial charge is 0.0684 e. The predicted octanol–water partition coefficient (Wildman–Crippen LogP) is 11.4. The molecule has 0 saturated heterocycles. The van der Waals surface area contributed by atoms with Crippen LogP contribution in [0.2, 0.25) is 0 Å². The van der Waals surface area contributed by atoms with Crippen LogP contribution >= 0.6 is 0 Å². The van der Waals surface area contributed by atoms with E-state index in [1.807, 2.05) is 17.9 Å². The number of hydrogen-bond acceptors (Lipinski definition) is 1. The summed E-state index contributed by atoms with van der Waals surface area (Å²) in [6, 6.07) is 16.0. The molecule has 3 heteroatoms. The van der Waals surface area contributed by atoms with Gasteiger partial charge < -0.3 is 4.57 Å². The van der Waals surface area contributed by atoms with Crippen molar-refractivity contribution >= 4 is 27.9 Å². The Kier molecular flexibility index (Phi) is 9.38. The maximum Gasteiger partial charge on any atom is 0.0684 e. The lowest BCUT2D eigenvalue weighted by molar-refractivity contribution is 0.589. The molecule has 0 radical (unpaired) electrons. The Morgan fingerprint density at radius 3 is 1.67 bits per heavy atom. The van der Waals surface area contributed by atoms with Gasteiger partial charge in [0.15, 0.2) is 0 Å². The van der Waals surface area contributed by atoms with Crippen molar-refractivity contribution in [3.8, 4) is 0 Å². The topological polar surface area (TPSA) is 22.8 Å². The third-order valence-electron chi connectivity index (χ3n) is 9.32. The maximum absolute atomic E-state index is 4.30. The minimum atomic E-state index is 0.198. The van der Waals surface area contributed by atoms with Crippen LogP contribution in [-0.2, 0) is 30.3 Å². The molecule has 2 heterocycles. The van der Waals surface area contributed by atoms with E-state index < -0.39 is 0 Å². The summed E-state index contributed by atoms with van der Waals surface area (Å²) < 4.78 is 4.13. The van der Waals surface area contributed by atoms with E-state index in [2.05, 4.69) is 168 Å². The monoisotopic (exact) mass is 603 g/mol. The maximum atomic E-state index is 4.30. The summed E-state index contributed by atoms with van der Waals surface area (Å²) in [7, 11) is 4.10. The molecule has 1 atom stereocenters. The molecule has 0 spiro atoms. The molecule has 0 bridgehead atoms. The summed E-state index contributed by atoms with van der Waals surface area (Å²) >= 11 is 0. The number of allylic oxidation sites excluding steroid dienone is 1. The molecule has 1 aliphatic rings. The van der Waals surface area contributed by atoms with E-state index in [9.17, 15) is 0 Å². The van der Waals surface area contributed by atoms with Gasteiger partial charge in [-0.3, -0.25) is 4.68 Å². The molecule has 5 aromatic rings. The summed E-state index contributed by atoms with van der Waals surface area (Å²) in [6.07, 6.45) is 8.63. The second-order valence-corrected chi connectivity index (χ2v) is 16.3. The minimum absolute atomic E-state index is 0.198. The fraction of sp³-hybridized carbons (Fsp3) is 0.452. The number of rotatable bonds is 0. The highest BCUT2D eigenvalue weighted by Crippen LogP contribution is 2.36. The van der Waals surface area contributed by atoms with E-state index in [1.165, 1.54) is 66.3 Å².